The molecule has 0 bridgehead atoms. The van der Waals surface area contributed by atoms with Crippen LogP contribution in [0.2, 0.25) is 5.02 Å². The van der Waals surface area contributed by atoms with Crippen LogP contribution in [-0.4, -0.2) is 20.9 Å². The van der Waals surface area contributed by atoms with Crippen molar-refractivity contribution in [3.05, 3.63) is 41.2 Å². The van der Waals surface area contributed by atoms with Crippen molar-refractivity contribution in [2.75, 3.05) is 5.32 Å². The summed E-state index contributed by atoms with van der Waals surface area (Å²) in [5, 5.41) is 16.5. The summed E-state index contributed by atoms with van der Waals surface area (Å²) in [7, 11) is 0. The number of halogens is 1. The lowest BCUT2D eigenvalue weighted by molar-refractivity contribution is 0.0697. The average molecular weight is 280 g/mol. The zero-order valence-electron chi connectivity index (χ0n) is 10.6. The number of rotatable bonds is 4. The number of aromatic carboxylic acids is 1. The van der Waals surface area contributed by atoms with Crippen LogP contribution in [0.4, 0.5) is 11.4 Å². The van der Waals surface area contributed by atoms with Gasteiger partial charge in [-0.2, -0.15) is 5.10 Å². The third-order valence-electron chi connectivity index (χ3n) is 2.63. The second kappa shape index (κ2) is 5.32. The van der Waals surface area contributed by atoms with Gasteiger partial charge in [-0.3, -0.25) is 4.68 Å². The van der Waals surface area contributed by atoms with Crippen molar-refractivity contribution < 1.29 is 9.90 Å². The summed E-state index contributed by atoms with van der Waals surface area (Å²) in [5.41, 5.74) is 1.61. The van der Waals surface area contributed by atoms with Crippen LogP contribution in [0.5, 0.6) is 0 Å². The molecule has 0 aliphatic carbocycles. The second-order valence-electron chi connectivity index (χ2n) is 4.43. The fraction of sp³-hybridized carbons (Fsp3) is 0.231. The maximum Gasteiger partial charge on any atom is 0.335 e. The molecule has 1 aromatic heterocycles. The molecule has 6 heteroatoms. The van der Waals surface area contributed by atoms with Crippen molar-refractivity contribution in [1.82, 2.24) is 9.78 Å². The Hall–Kier alpha value is -2.01. The molecule has 100 valence electrons. The zero-order chi connectivity index (χ0) is 14.0. The van der Waals surface area contributed by atoms with E-state index in [0.717, 1.165) is 5.69 Å². The van der Waals surface area contributed by atoms with E-state index in [1.165, 1.54) is 12.1 Å². The fourth-order valence-electron chi connectivity index (χ4n) is 1.59. The van der Waals surface area contributed by atoms with E-state index in [2.05, 4.69) is 10.4 Å². The van der Waals surface area contributed by atoms with Crippen molar-refractivity contribution in [2.45, 2.75) is 19.9 Å². The first kappa shape index (κ1) is 13.4. The molecule has 0 fully saturated rings. The van der Waals surface area contributed by atoms with Crippen LogP contribution in [0.25, 0.3) is 0 Å². The molecule has 0 radical (unpaired) electrons. The molecule has 0 spiro atoms. The van der Waals surface area contributed by atoms with Crippen LogP contribution < -0.4 is 5.32 Å². The minimum Gasteiger partial charge on any atom is -0.478 e. The Balaban J connectivity index is 2.20. The lowest BCUT2D eigenvalue weighted by Gasteiger charge is -2.07. The van der Waals surface area contributed by atoms with Gasteiger partial charge in [0.1, 0.15) is 0 Å². The molecule has 0 amide bonds. The predicted molar refractivity (Wildman–Crippen MR) is 74.3 cm³/mol. The van der Waals surface area contributed by atoms with Crippen LogP contribution in [-0.2, 0) is 0 Å². The van der Waals surface area contributed by atoms with Crippen molar-refractivity contribution in [1.29, 1.82) is 0 Å². The standard InChI is InChI=1S/C13H14ClN3O2/c1-8(2)17-7-10(6-15-17)16-12-4-3-9(13(18)19)5-11(12)14/h3-8,16H,1-2H3,(H,18,19). The highest BCUT2D eigenvalue weighted by molar-refractivity contribution is 6.33. The van der Waals surface area contributed by atoms with Crippen molar-refractivity contribution in [2.24, 2.45) is 0 Å². The highest BCUT2D eigenvalue weighted by Gasteiger charge is 2.08. The second-order valence-corrected chi connectivity index (χ2v) is 4.83. The van der Waals surface area contributed by atoms with Gasteiger partial charge in [-0.25, -0.2) is 4.79 Å². The maximum absolute atomic E-state index is 10.8. The topological polar surface area (TPSA) is 67.2 Å². The Bertz CT molecular complexity index is 608. The van der Waals surface area contributed by atoms with Crippen LogP contribution >= 0.6 is 11.6 Å². The van der Waals surface area contributed by atoms with E-state index in [1.54, 1.807) is 12.3 Å². The number of carboxylic acid groups (broad SMARTS) is 1. The third-order valence-corrected chi connectivity index (χ3v) is 2.94. The predicted octanol–water partition coefficient (Wildman–Crippen LogP) is 3.56. The molecule has 2 aromatic rings. The third kappa shape index (κ3) is 3.06. The van der Waals surface area contributed by atoms with Gasteiger partial charge in [0, 0.05) is 12.2 Å². The number of nitrogens with zero attached hydrogens (tertiary/aromatic N) is 2. The van der Waals surface area contributed by atoms with Crippen LogP contribution in [0.3, 0.4) is 0 Å². The van der Waals surface area contributed by atoms with E-state index < -0.39 is 5.97 Å². The molecule has 19 heavy (non-hydrogen) atoms. The summed E-state index contributed by atoms with van der Waals surface area (Å²) < 4.78 is 1.82. The Morgan fingerprint density at radius 2 is 2.21 bits per heavy atom. The first-order valence-electron chi connectivity index (χ1n) is 5.81. The number of aromatic nitrogens is 2. The van der Waals surface area contributed by atoms with Crippen LogP contribution in [0, 0.1) is 0 Å². The Morgan fingerprint density at radius 3 is 2.74 bits per heavy atom. The molecule has 0 atom stereocenters. The summed E-state index contributed by atoms with van der Waals surface area (Å²) in [6.45, 7) is 4.07. The fourth-order valence-corrected chi connectivity index (χ4v) is 1.82. The van der Waals surface area contributed by atoms with Gasteiger partial charge >= 0.3 is 5.97 Å². The van der Waals surface area contributed by atoms with Crippen LogP contribution in [0.1, 0.15) is 30.2 Å². The van der Waals surface area contributed by atoms with Gasteiger partial charge in [0.05, 0.1) is 28.2 Å². The summed E-state index contributed by atoms with van der Waals surface area (Å²) in [5.74, 6) is -0.999. The molecule has 2 rings (SSSR count). The molecule has 1 aromatic carbocycles. The quantitative estimate of drug-likeness (QED) is 0.898. The average Bonchev–Trinajstić information content (AvgIpc) is 2.80. The molecular formula is C13H14ClN3O2. The summed E-state index contributed by atoms with van der Waals surface area (Å²) in [4.78, 5) is 10.8. The van der Waals surface area contributed by atoms with E-state index in [4.69, 9.17) is 16.7 Å². The normalized spacial score (nSPS) is 10.7. The highest BCUT2D eigenvalue weighted by atomic mass is 35.5. The largest absolute Gasteiger partial charge is 0.478 e. The number of anilines is 2. The Kier molecular flexibility index (Phi) is 3.76. The molecule has 5 nitrogen and oxygen atoms in total. The maximum atomic E-state index is 10.8. The van der Waals surface area contributed by atoms with Crippen molar-refractivity contribution in [3.63, 3.8) is 0 Å². The van der Waals surface area contributed by atoms with E-state index in [9.17, 15) is 4.79 Å². The Labute approximate surface area is 115 Å². The summed E-state index contributed by atoms with van der Waals surface area (Å²) >= 11 is 6.04. The van der Waals surface area contributed by atoms with E-state index >= 15 is 0 Å². The smallest absolute Gasteiger partial charge is 0.335 e. The molecule has 0 unspecified atom stereocenters. The molecule has 0 aliphatic rings. The first-order chi connectivity index (χ1) is 8.97. The van der Waals surface area contributed by atoms with Gasteiger partial charge in [-0.05, 0) is 32.0 Å². The number of nitrogens with one attached hydrogen (secondary N) is 1. The zero-order valence-corrected chi connectivity index (χ0v) is 11.3. The minimum atomic E-state index is -0.999. The number of carbonyl (C=O) groups is 1. The molecule has 1 heterocycles. The van der Waals surface area contributed by atoms with E-state index in [-0.39, 0.29) is 11.6 Å². The molecule has 0 saturated carbocycles. The van der Waals surface area contributed by atoms with Gasteiger partial charge in [0.15, 0.2) is 0 Å². The number of carboxylic acids is 1. The lowest BCUT2D eigenvalue weighted by Crippen LogP contribution is -2.00. The van der Waals surface area contributed by atoms with Gasteiger partial charge < -0.3 is 10.4 Å². The highest BCUT2D eigenvalue weighted by Crippen LogP contribution is 2.26. The van der Waals surface area contributed by atoms with Crippen molar-refractivity contribution in [3.8, 4) is 0 Å². The van der Waals surface area contributed by atoms with Crippen molar-refractivity contribution >= 4 is 28.9 Å². The Morgan fingerprint density at radius 1 is 1.47 bits per heavy atom. The monoisotopic (exact) mass is 279 g/mol. The van der Waals surface area contributed by atoms with E-state index in [0.29, 0.717) is 10.7 Å². The molecular weight excluding hydrogens is 266 g/mol. The lowest BCUT2D eigenvalue weighted by atomic mass is 10.2. The van der Waals surface area contributed by atoms with Gasteiger partial charge in [-0.1, -0.05) is 11.6 Å². The first-order valence-corrected chi connectivity index (χ1v) is 6.19. The summed E-state index contributed by atoms with van der Waals surface area (Å²) in [6, 6.07) is 4.83. The van der Waals surface area contributed by atoms with E-state index in [1.807, 2.05) is 24.7 Å². The number of hydrogen-bond acceptors (Lipinski definition) is 3. The van der Waals surface area contributed by atoms with Gasteiger partial charge in [0.2, 0.25) is 0 Å². The molecule has 2 N–H and O–H groups in total. The number of hydrogen-bond donors (Lipinski definition) is 2. The van der Waals surface area contributed by atoms with Crippen LogP contribution in [0.15, 0.2) is 30.6 Å². The molecule has 0 aliphatic heterocycles. The molecule has 0 saturated heterocycles. The SMILES string of the molecule is CC(C)n1cc(Nc2ccc(C(=O)O)cc2Cl)cn1. The van der Waals surface area contributed by atoms with Gasteiger partial charge in [-0.15, -0.1) is 0 Å². The number of benzene rings is 1. The minimum absolute atomic E-state index is 0.161. The summed E-state index contributed by atoms with van der Waals surface area (Å²) in [6.07, 6.45) is 3.56. The van der Waals surface area contributed by atoms with Gasteiger partial charge in [0.25, 0.3) is 0 Å².